The average Bonchev–Trinajstić information content (AvgIpc) is 3.31. The summed E-state index contributed by atoms with van der Waals surface area (Å²) in [6.45, 7) is 3.92. The number of Topliss-reactive ketones (excluding diaryl/α,β-unsaturated/α-hetero) is 1. The maximum Gasteiger partial charge on any atom is 0.228 e. The molecule has 1 amide bonds. The van der Waals surface area contributed by atoms with Crippen LogP contribution in [0.2, 0.25) is 0 Å². The Morgan fingerprint density at radius 3 is 2.87 bits per heavy atom. The van der Waals surface area contributed by atoms with Crippen molar-refractivity contribution in [2.75, 3.05) is 18.1 Å². The van der Waals surface area contributed by atoms with Crippen LogP contribution in [-0.4, -0.2) is 35.9 Å². The Kier molecular flexibility index (Phi) is 5.40. The number of hydrogen-bond acceptors (Lipinski definition) is 6. The van der Waals surface area contributed by atoms with Gasteiger partial charge in [0.15, 0.2) is 0 Å². The van der Waals surface area contributed by atoms with Crippen LogP contribution < -0.4 is 10.2 Å². The molecule has 5 rings (SSSR count). The molecule has 1 aromatic heterocycles. The van der Waals surface area contributed by atoms with E-state index in [0.717, 1.165) is 42.8 Å². The van der Waals surface area contributed by atoms with E-state index in [2.05, 4.69) is 22.4 Å². The predicted molar refractivity (Wildman–Crippen MR) is 122 cm³/mol. The maximum absolute atomic E-state index is 12.9. The fourth-order valence-electron chi connectivity index (χ4n) is 4.14. The number of aromatic nitrogens is 1. The smallest absolute Gasteiger partial charge is 0.228 e. The van der Waals surface area contributed by atoms with Gasteiger partial charge in [0.2, 0.25) is 11.7 Å². The largest absolute Gasteiger partial charge is 0.381 e. The zero-order chi connectivity index (χ0) is 21.4. The van der Waals surface area contributed by atoms with Gasteiger partial charge in [-0.2, -0.15) is 0 Å². The normalized spacial score (nSPS) is 18.2. The third kappa shape index (κ3) is 3.92. The third-order valence-corrected chi connectivity index (χ3v) is 6.69. The predicted octanol–water partition coefficient (Wildman–Crippen LogP) is 4.16. The number of carbonyl (C=O) groups excluding carboxylic acids is 2. The van der Waals surface area contributed by atoms with E-state index in [0.29, 0.717) is 28.0 Å². The zero-order valence-corrected chi connectivity index (χ0v) is 18.1. The van der Waals surface area contributed by atoms with Gasteiger partial charge < -0.3 is 10.1 Å². The standard InChI is InChI=1S/C24H23N3O3S/c1-15(28)27-20-5-3-2-4-18(20)24(29)21(27)13-23-26-19-7-6-16(12-22(19)31-23)14-25-17-8-10-30-11-9-17/h2-7,12-13,17,25H,8-11,14H2,1H3/b21-13-. The van der Waals surface area contributed by atoms with E-state index in [1.165, 1.54) is 28.7 Å². The fourth-order valence-corrected chi connectivity index (χ4v) is 5.11. The van der Waals surface area contributed by atoms with Gasteiger partial charge in [-0.3, -0.25) is 14.5 Å². The van der Waals surface area contributed by atoms with Gasteiger partial charge >= 0.3 is 0 Å². The van der Waals surface area contributed by atoms with Gasteiger partial charge in [0.25, 0.3) is 0 Å². The highest BCUT2D eigenvalue weighted by molar-refractivity contribution is 7.19. The Bertz CT molecular complexity index is 1190. The van der Waals surface area contributed by atoms with Crippen LogP contribution >= 0.6 is 11.3 Å². The van der Waals surface area contributed by atoms with Gasteiger partial charge in [-0.05, 0) is 42.7 Å². The molecule has 31 heavy (non-hydrogen) atoms. The van der Waals surface area contributed by atoms with Crippen molar-refractivity contribution in [3.8, 4) is 0 Å². The summed E-state index contributed by atoms with van der Waals surface area (Å²) in [6, 6.07) is 13.9. The molecule has 158 valence electrons. The van der Waals surface area contributed by atoms with Crippen molar-refractivity contribution in [2.45, 2.75) is 32.4 Å². The fraction of sp³-hybridized carbons (Fsp3) is 0.292. The topological polar surface area (TPSA) is 71.5 Å². The molecule has 0 spiro atoms. The first-order valence-corrected chi connectivity index (χ1v) is 11.3. The number of anilines is 1. The van der Waals surface area contributed by atoms with Gasteiger partial charge in [-0.25, -0.2) is 4.98 Å². The van der Waals surface area contributed by atoms with Crippen LogP contribution in [0.3, 0.4) is 0 Å². The molecule has 7 heteroatoms. The van der Waals surface area contributed by atoms with Crippen molar-refractivity contribution >= 4 is 45.0 Å². The SMILES string of the molecule is CC(=O)N1/C(=C\c2nc3ccc(CNC4CCOCC4)cc3s2)C(=O)c2ccccc21. The number of nitrogens with one attached hydrogen (secondary N) is 1. The van der Waals surface area contributed by atoms with Gasteiger partial charge in [0, 0.05) is 44.4 Å². The lowest BCUT2D eigenvalue weighted by molar-refractivity contribution is -0.116. The first-order chi connectivity index (χ1) is 15.1. The second kappa shape index (κ2) is 8.34. The second-order valence-corrected chi connectivity index (χ2v) is 8.91. The molecule has 1 N–H and O–H groups in total. The van der Waals surface area contributed by atoms with E-state index in [4.69, 9.17) is 4.74 Å². The van der Waals surface area contributed by atoms with Gasteiger partial charge in [0.05, 0.1) is 21.6 Å². The molecule has 0 radical (unpaired) electrons. The minimum Gasteiger partial charge on any atom is -0.381 e. The molecule has 6 nitrogen and oxygen atoms in total. The summed E-state index contributed by atoms with van der Waals surface area (Å²) < 4.78 is 6.48. The van der Waals surface area contributed by atoms with Gasteiger partial charge in [0.1, 0.15) is 5.01 Å². The molecule has 3 heterocycles. The lowest BCUT2D eigenvalue weighted by Crippen LogP contribution is -2.34. The van der Waals surface area contributed by atoms with Crippen molar-refractivity contribution in [1.82, 2.24) is 10.3 Å². The molecule has 1 saturated heterocycles. The summed E-state index contributed by atoms with van der Waals surface area (Å²) >= 11 is 1.53. The Balaban J connectivity index is 1.41. The van der Waals surface area contributed by atoms with Gasteiger partial charge in [-0.1, -0.05) is 18.2 Å². The van der Waals surface area contributed by atoms with Crippen LogP contribution in [0.15, 0.2) is 48.2 Å². The molecular formula is C24H23N3O3S. The highest BCUT2D eigenvalue weighted by Crippen LogP contribution is 2.36. The summed E-state index contributed by atoms with van der Waals surface area (Å²) in [7, 11) is 0. The van der Waals surface area contributed by atoms with Crippen LogP contribution in [0.5, 0.6) is 0 Å². The number of benzene rings is 2. The lowest BCUT2D eigenvalue weighted by atomic mass is 10.1. The number of allylic oxidation sites excluding steroid dienone is 1. The quantitative estimate of drug-likeness (QED) is 0.626. The van der Waals surface area contributed by atoms with Crippen molar-refractivity contribution in [3.63, 3.8) is 0 Å². The minimum absolute atomic E-state index is 0.147. The van der Waals surface area contributed by atoms with E-state index in [9.17, 15) is 9.59 Å². The summed E-state index contributed by atoms with van der Waals surface area (Å²) in [6.07, 6.45) is 3.82. The van der Waals surface area contributed by atoms with Gasteiger partial charge in [-0.15, -0.1) is 11.3 Å². The number of nitrogens with zero attached hydrogens (tertiary/aromatic N) is 2. The molecule has 0 bridgehead atoms. The van der Waals surface area contributed by atoms with E-state index in [1.807, 2.05) is 18.2 Å². The molecule has 2 aliphatic rings. The van der Waals surface area contributed by atoms with Crippen LogP contribution in [0.25, 0.3) is 16.3 Å². The Hall–Kier alpha value is -2.87. The number of amides is 1. The Morgan fingerprint density at radius 1 is 1.26 bits per heavy atom. The summed E-state index contributed by atoms with van der Waals surface area (Å²) in [5.74, 6) is -0.335. The number of carbonyl (C=O) groups is 2. The van der Waals surface area contributed by atoms with Crippen LogP contribution in [0, 0.1) is 0 Å². The van der Waals surface area contributed by atoms with Crippen molar-refractivity contribution in [1.29, 1.82) is 0 Å². The molecule has 0 atom stereocenters. The second-order valence-electron chi connectivity index (χ2n) is 7.85. The molecule has 2 aliphatic heterocycles. The molecule has 0 unspecified atom stereocenters. The van der Waals surface area contributed by atoms with Crippen molar-refractivity contribution in [2.24, 2.45) is 0 Å². The highest BCUT2D eigenvalue weighted by Gasteiger charge is 2.34. The van der Waals surface area contributed by atoms with E-state index in [-0.39, 0.29) is 11.7 Å². The number of thiazole rings is 1. The number of rotatable bonds is 4. The first-order valence-electron chi connectivity index (χ1n) is 10.5. The van der Waals surface area contributed by atoms with E-state index >= 15 is 0 Å². The molecule has 3 aromatic rings. The molecule has 0 saturated carbocycles. The highest BCUT2D eigenvalue weighted by atomic mass is 32.1. The number of hydrogen-bond donors (Lipinski definition) is 1. The zero-order valence-electron chi connectivity index (χ0n) is 17.3. The first kappa shape index (κ1) is 20.1. The molecular weight excluding hydrogens is 410 g/mol. The minimum atomic E-state index is -0.188. The average molecular weight is 434 g/mol. The Morgan fingerprint density at radius 2 is 2.06 bits per heavy atom. The summed E-state index contributed by atoms with van der Waals surface area (Å²) in [5.41, 5.74) is 3.63. The van der Waals surface area contributed by atoms with Crippen molar-refractivity contribution < 1.29 is 14.3 Å². The van der Waals surface area contributed by atoms with Crippen LogP contribution in [0.4, 0.5) is 5.69 Å². The molecule has 1 fully saturated rings. The number of ketones is 1. The van der Waals surface area contributed by atoms with Crippen molar-refractivity contribution in [3.05, 3.63) is 64.3 Å². The van der Waals surface area contributed by atoms with Crippen LogP contribution in [0.1, 0.15) is 40.7 Å². The van der Waals surface area contributed by atoms with E-state index < -0.39 is 0 Å². The Labute approximate surface area is 184 Å². The maximum atomic E-state index is 12.9. The third-order valence-electron chi connectivity index (χ3n) is 5.72. The molecule has 2 aromatic carbocycles. The van der Waals surface area contributed by atoms with E-state index in [1.54, 1.807) is 18.2 Å². The summed E-state index contributed by atoms with van der Waals surface area (Å²) in [5, 5.41) is 4.32. The summed E-state index contributed by atoms with van der Waals surface area (Å²) in [4.78, 5) is 31.3. The molecule has 0 aliphatic carbocycles. The number of fused-ring (bicyclic) bond motifs is 2. The lowest BCUT2D eigenvalue weighted by Gasteiger charge is -2.23. The monoisotopic (exact) mass is 433 g/mol. The van der Waals surface area contributed by atoms with Crippen LogP contribution in [-0.2, 0) is 16.1 Å². The number of para-hydroxylation sites is 1. The number of ether oxygens (including phenoxy) is 1.